The Labute approximate surface area is 66.1 Å². The molecule has 0 aromatic heterocycles. The summed E-state index contributed by atoms with van der Waals surface area (Å²) in [6.45, 7) is 0.165. The number of benzene rings is 1. The molecule has 0 aliphatic rings. The minimum Gasteiger partial charge on any atom is -0.508 e. The van der Waals surface area contributed by atoms with E-state index in [-0.39, 0.29) is 12.4 Å². The summed E-state index contributed by atoms with van der Waals surface area (Å²) in [5.74, 6) is 0.265. The lowest BCUT2D eigenvalue weighted by molar-refractivity contribution is 0.288. The van der Waals surface area contributed by atoms with Gasteiger partial charge in [-0.2, -0.15) is 0 Å². The Hall–Kier alpha value is -1.02. The molecule has 11 heavy (non-hydrogen) atoms. The van der Waals surface area contributed by atoms with Crippen LogP contribution in [0.5, 0.6) is 5.75 Å². The molecule has 0 aliphatic carbocycles. The van der Waals surface area contributed by atoms with E-state index < -0.39 is 0 Å². The molecule has 0 saturated carbocycles. The average molecular weight is 151 g/mol. The Morgan fingerprint density at radius 2 is 2.27 bits per heavy atom. The molecule has 2 N–H and O–H groups in total. The highest BCUT2D eigenvalue weighted by molar-refractivity contribution is 5.31. The highest BCUT2D eigenvalue weighted by atomic mass is 16.3. The van der Waals surface area contributed by atoms with Gasteiger partial charge in [-0.05, 0) is 30.5 Å². The van der Waals surface area contributed by atoms with Gasteiger partial charge in [-0.25, -0.2) is 0 Å². The van der Waals surface area contributed by atoms with Crippen molar-refractivity contribution in [2.75, 3.05) is 6.61 Å². The summed E-state index contributed by atoms with van der Waals surface area (Å²) in [7, 11) is 0. The van der Waals surface area contributed by atoms with Gasteiger partial charge in [-0.15, -0.1) is 0 Å². The SMILES string of the molecule is OCCCc1cc[c]cc1O. The number of hydrogen-bond donors (Lipinski definition) is 2. The molecule has 0 bridgehead atoms. The van der Waals surface area contributed by atoms with Crippen molar-refractivity contribution in [3.63, 3.8) is 0 Å². The van der Waals surface area contributed by atoms with Crippen LogP contribution in [0, 0.1) is 6.07 Å². The van der Waals surface area contributed by atoms with E-state index in [0.717, 1.165) is 12.0 Å². The Morgan fingerprint density at radius 1 is 1.45 bits per heavy atom. The second-order valence-electron chi connectivity index (χ2n) is 2.38. The molecule has 59 valence electrons. The minimum atomic E-state index is 0.165. The van der Waals surface area contributed by atoms with Crippen molar-refractivity contribution >= 4 is 0 Å². The number of phenolic OH excluding ortho intramolecular Hbond substituents is 1. The first-order chi connectivity index (χ1) is 5.34. The molecule has 0 amide bonds. The van der Waals surface area contributed by atoms with E-state index in [1.807, 2.05) is 6.07 Å². The van der Waals surface area contributed by atoms with Gasteiger partial charge in [0.05, 0.1) is 0 Å². The summed E-state index contributed by atoms with van der Waals surface area (Å²) in [6, 6.07) is 7.87. The van der Waals surface area contributed by atoms with Gasteiger partial charge >= 0.3 is 0 Å². The molecule has 0 atom stereocenters. The molecule has 0 fully saturated rings. The molecular formula is C9H11O2. The molecule has 2 heteroatoms. The van der Waals surface area contributed by atoms with Gasteiger partial charge in [0.25, 0.3) is 0 Å². The summed E-state index contributed by atoms with van der Waals surface area (Å²) >= 11 is 0. The number of aliphatic hydroxyl groups is 1. The first kappa shape index (κ1) is 8.08. The zero-order valence-corrected chi connectivity index (χ0v) is 6.25. The molecule has 0 aliphatic heterocycles. The third-order valence-corrected chi connectivity index (χ3v) is 1.53. The fraction of sp³-hybridized carbons (Fsp3) is 0.333. The number of hydrogen-bond acceptors (Lipinski definition) is 2. The van der Waals surface area contributed by atoms with Crippen LogP contribution in [0.1, 0.15) is 12.0 Å². The van der Waals surface area contributed by atoms with Crippen LogP contribution in [0.15, 0.2) is 18.2 Å². The summed E-state index contributed by atoms with van der Waals surface area (Å²) in [5.41, 5.74) is 0.873. The van der Waals surface area contributed by atoms with Gasteiger partial charge in [0, 0.05) is 6.61 Å². The number of phenols is 1. The van der Waals surface area contributed by atoms with Crippen LogP contribution in [0.25, 0.3) is 0 Å². The lowest BCUT2D eigenvalue weighted by atomic mass is 10.1. The molecule has 1 rings (SSSR count). The number of aryl methyl sites for hydroxylation is 1. The van der Waals surface area contributed by atoms with E-state index in [1.165, 1.54) is 6.07 Å². The van der Waals surface area contributed by atoms with Gasteiger partial charge in [0.1, 0.15) is 5.75 Å². The van der Waals surface area contributed by atoms with Gasteiger partial charge in [0.2, 0.25) is 0 Å². The van der Waals surface area contributed by atoms with E-state index in [1.54, 1.807) is 6.07 Å². The van der Waals surface area contributed by atoms with Crippen LogP contribution < -0.4 is 0 Å². The summed E-state index contributed by atoms with van der Waals surface area (Å²) < 4.78 is 0. The van der Waals surface area contributed by atoms with E-state index in [2.05, 4.69) is 6.07 Å². The molecule has 0 saturated heterocycles. The fourth-order valence-corrected chi connectivity index (χ4v) is 0.935. The molecule has 2 nitrogen and oxygen atoms in total. The topological polar surface area (TPSA) is 40.5 Å². The highest BCUT2D eigenvalue weighted by Gasteiger charge is 1.97. The van der Waals surface area contributed by atoms with E-state index in [0.29, 0.717) is 6.42 Å². The van der Waals surface area contributed by atoms with E-state index >= 15 is 0 Å². The Balaban J connectivity index is 2.62. The van der Waals surface area contributed by atoms with Crippen LogP contribution >= 0.6 is 0 Å². The predicted octanol–water partition coefficient (Wildman–Crippen LogP) is 1.12. The molecule has 1 radical (unpaired) electrons. The van der Waals surface area contributed by atoms with Gasteiger partial charge < -0.3 is 10.2 Å². The van der Waals surface area contributed by atoms with Crippen molar-refractivity contribution in [2.45, 2.75) is 12.8 Å². The number of aromatic hydroxyl groups is 1. The van der Waals surface area contributed by atoms with Crippen molar-refractivity contribution in [3.8, 4) is 5.75 Å². The third-order valence-electron chi connectivity index (χ3n) is 1.53. The second-order valence-corrected chi connectivity index (χ2v) is 2.38. The number of aliphatic hydroxyl groups excluding tert-OH is 1. The maximum absolute atomic E-state index is 9.22. The molecule has 0 heterocycles. The first-order valence-corrected chi connectivity index (χ1v) is 3.63. The van der Waals surface area contributed by atoms with Crippen LogP contribution in [0.4, 0.5) is 0 Å². The lowest BCUT2D eigenvalue weighted by Crippen LogP contribution is -1.89. The predicted molar refractivity (Wildman–Crippen MR) is 42.3 cm³/mol. The molecule has 0 spiro atoms. The monoisotopic (exact) mass is 151 g/mol. The fourth-order valence-electron chi connectivity index (χ4n) is 0.935. The maximum atomic E-state index is 9.22. The Kier molecular flexibility index (Phi) is 2.93. The smallest absolute Gasteiger partial charge is 0.119 e. The van der Waals surface area contributed by atoms with Crippen LogP contribution in [0.2, 0.25) is 0 Å². The molecule has 1 aromatic rings. The minimum absolute atomic E-state index is 0.165. The third kappa shape index (κ3) is 2.24. The standard InChI is InChI=1S/C9H11O2/c10-7-3-5-8-4-1-2-6-9(8)11/h1,4,6,10-11H,3,5,7H2. The van der Waals surface area contributed by atoms with Crippen molar-refractivity contribution in [3.05, 3.63) is 29.8 Å². The van der Waals surface area contributed by atoms with E-state index in [4.69, 9.17) is 5.11 Å². The summed E-state index contributed by atoms with van der Waals surface area (Å²) in [5, 5.41) is 17.8. The summed E-state index contributed by atoms with van der Waals surface area (Å²) in [6.07, 6.45) is 1.41. The normalized spacial score (nSPS) is 9.91. The molecule has 0 unspecified atom stereocenters. The van der Waals surface area contributed by atoms with Gasteiger partial charge in [-0.1, -0.05) is 12.1 Å². The van der Waals surface area contributed by atoms with Gasteiger partial charge in [-0.3, -0.25) is 0 Å². The average Bonchev–Trinajstić information content (AvgIpc) is 2.03. The highest BCUT2D eigenvalue weighted by Crippen LogP contribution is 2.16. The van der Waals surface area contributed by atoms with Crippen LogP contribution in [-0.2, 0) is 6.42 Å². The molecule has 1 aromatic carbocycles. The second kappa shape index (κ2) is 3.98. The van der Waals surface area contributed by atoms with Crippen molar-refractivity contribution in [1.82, 2.24) is 0 Å². The summed E-state index contributed by atoms with van der Waals surface area (Å²) in [4.78, 5) is 0. The van der Waals surface area contributed by atoms with Crippen LogP contribution in [0.3, 0.4) is 0 Å². The zero-order valence-electron chi connectivity index (χ0n) is 6.25. The van der Waals surface area contributed by atoms with Crippen molar-refractivity contribution < 1.29 is 10.2 Å². The largest absolute Gasteiger partial charge is 0.508 e. The van der Waals surface area contributed by atoms with Gasteiger partial charge in [0.15, 0.2) is 0 Å². The quantitative estimate of drug-likeness (QED) is 0.679. The first-order valence-electron chi connectivity index (χ1n) is 3.63. The Morgan fingerprint density at radius 3 is 2.91 bits per heavy atom. The number of rotatable bonds is 3. The lowest BCUT2D eigenvalue weighted by Gasteiger charge is -2.00. The zero-order chi connectivity index (χ0) is 8.10. The van der Waals surface area contributed by atoms with E-state index in [9.17, 15) is 5.11 Å². The van der Waals surface area contributed by atoms with Crippen molar-refractivity contribution in [1.29, 1.82) is 0 Å². The molecular weight excluding hydrogens is 140 g/mol. The Bertz CT molecular complexity index is 221. The maximum Gasteiger partial charge on any atom is 0.119 e. The van der Waals surface area contributed by atoms with Crippen LogP contribution in [-0.4, -0.2) is 16.8 Å². The van der Waals surface area contributed by atoms with Crippen molar-refractivity contribution in [2.24, 2.45) is 0 Å².